The number of hydrogen-bond donors (Lipinski definition) is 1. The highest BCUT2D eigenvalue weighted by molar-refractivity contribution is 7.92. The van der Waals surface area contributed by atoms with Gasteiger partial charge in [0.15, 0.2) is 9.84 Å². The molecule has 1 aliphatic heterocycles. The number of sulfone groups is 1. The van der Waals surface area contributed by atoms with E-state index in [1.807, 2.05) is 6.92 Å². The largest absolute Gasteiger partial charge is 0.375 e. The number of amides is 2. The topological polar surface area (TPSA) is 117 Å². The fourth-order valence-electron chi connectivity index (χ4n) is 4.52. The zero-order valence-electron chi connectivity index (χ0n) is 17.5. The Balaban J connectivity index is 1.54. The number of likely N-dealkylation sites (tertiary alicyclic amines) is 1. The van der Waals surface area contributed by atoms with Crippen molar-refractivity contribution in [1.29, 1.82) is 5.26 Å². The SMILES string of the molecule is CCOC1CN(C(=O)[C@@H]2C[C@H](S(=O)(=O)c3ccccc3)C[C@H]2C(=O)NC2(C#N)CC2)C1. The van der Waals surface area contributed by atoms with E-state index >= 15 is 0 Å². The number of hydrogen-bond acceptors (Lipinski definition) is 6. The van der Waals surface area contributed by atoms with Gasteiger partial charge in [-0.15, -0.1) is 0 Å². The van der Waals surface area contributed by atoms with Gasteiger partial charge in [0.25, 0.3) is 0 Å². The van der Waals surface area contributed by atoms with E-state index < -0.39 is 38.4 Å². The summed E-state index contributed by atoms with van der Waals surface area (Å²) in [6, 6.07) is 10.3. The van der Waals surface area contributed by atoms with Crippen molar-refractivity contribution in [2.24, 2.45) is 11.8 Å². The van der Waals surface area contributed by atoms with Gasteiger partial charge in [-0.1, -0.05) is 18.2 Å². The number of rotatable bonds is 7. The van der Waals surface area contributed by atoms with E-state index in [1.54, 1.807) is 23.1 Å². The van der Waals surface area contributed by atoms with Crippen molar-refractivity contribution in [1.82, 2.24) is 10.2 Å². The second kappa shape index (κ2) is 8.24. The summed E-state index contributed by atoms with van der Waals surface area (Å²) in [5.41, 5.74) is -0.863. The number of benzene rings is 1. The van der Waals surface area contributed by atoms with E-state index in [1.165, 1.54) is 12.1 Å². The first-order chi connectivity index (χ1) is 14.8. The Labute approximate surface area is 182 Å². The third-order valence-corrected chi connectivity index (χ3v) is 8.76. The molecule has 1 aromatic rings. The zero-order valence-corrected chi connectivity index (χ0v) is 18.3. The van der Waals surface area contributed by atoms with Gasteiger partial charge in [0.05, 0.1) is 34.2 Å². The Morgan fingerprint density at radius 1 is 1.19 bits per heavy atom. The van der Waals surface area contributed by atoms with Crippen molar-refractivity contribution in [3.05, 3.63) is 30.3 Å². The monoisotopic (exact) mass is 445 g/mol. The van der Waals surface area contributed by atoms with Crippen LogP contribution in [0.5, 0.6) is 0 Å². The molecule has 2 aliphatic carbocycles. The summed E-state index contributed by atoms with van der Waals surface area (Å²) in [7, 11) is -3.68. The highest BCUT2D eigenvalue weighted by atomic mass is 32.2. The quantitative estimate of drug-likeness (QED) is 0.676. The molecule has 2 amide bonds. The molecule has 31 heavy (non-hydrogen) atoms. The normalized spacial score (nSPS) is 27.2. The minimum atomic E-state index is -3.68. The second-order valence-corrected chi connectivity index (χ2v) is 10.9. The minimum absolute atomic E-state index is 0.0141. The Hall–Kier alpha value is -2.44. The van der Waals surface area contributed by atoms with Crippen LogP contribution in [-0.2, 0) is 24.2 Å². The molecule has 8 nitrogen and oxygen atoms in total. The van der Waals surface area contributed by atoms with Crippen LogP contribution < -0.4 is 5.32 Å². The Morgan fingerprint density at radius 2 is 1.84 bits per heavy atom. The van der Waals surface area contributed by atoms with Gasteiger partial charge >= 0.3 is 0 Å². The lowest BCUT2D eigenvalue weighted by Crippen LogP contribution is -2.57. The molecule has 1 aromatic carbocycles. The van der Waals surface area contributed by atoms with Crippen molar-refractivity contribution < 1.29 is 22.7 Å². The first-order valence-electron chi connectivity index (χ1n) is 10.7. The van der Waals surface area contributed by atoms with Gasteiger partial charge in [0.2, 0.25) is 11.8 Å². The maximum atomic E-state index is 13.2. The fourth-order valence-corrected chi connectivity index (χ4v) is 6.36. The maximum Gasteiger partial charge on any atom is 0.226 e. The number of nitrogens with zero attached hydrogens (tertiary/aromatic N) is 2. The molecule has 0 spiro atoms. The van der Waals surface area contributed by atoms with Crippen molar-refractivity contribution in [3.63, 3.8) is 0 Å². The Kier molecular flexibility index (Phi) is 5.79. The van der Waals surface area contributed by atoms with Crippen LogP contribution in [0.2, 0.25) is 0 Å². The van der Waals surface area contributed by atoms with Gasteiger partial charge in [-0.2, -0.15) is 5.26 Å². The summed E-state index contributed by atoms with van der Waals surface area (Å²) in [4.78, 5) is 28.0. The lowest BCUT2D eigenvalue weighted by Gasteiger charge is -2.40. The third kappa shape index (κ3) is 4.19. The molecule has 1 N–H and O–H groups in total. The maximum absolute atomic E-state index is 13.2. The van der Waals surface area contributed by atoms with E-state index in [2.05, 4.69) is 11.4 Å². The van der Waals surface area contributed by atoms with E-state index in [0.717, 1.165) is 0 Å². The molecular weight excluding hydrogens is 418 g/mol. The molecule has 0 aromatic heterocycles. The molecule has 9 heteroatoms. The fraction of sp³-hybridized carbons (Fsp3) is 0.591. The van der Waals surface area contributed by atoms with Crippen LogP contribution >= 0.6 is 0 Å². The summed E-state index contributed by atoms with van der Waals surface area (Å²) in [6.07, 6.45) is 1.32. The first-order valence-corrected chi connectivity index (χ1v) is 12.3. The van der Waals surface area contributed by atoms with E-state index in [9.17, 15) is 23.3 Å². The van der Waals surface area contributed by atoms with E-state index in [4.69, 9.17) is 4.74 Å². The molecule has 1 heterocycles. The van der Waals surface area contributed by atoms with Crippen molar-refractivity contribution in [2.45, 2.75) is 54.4 Å². The predicted octanol–water partition coefficient (Wildman–Crippen LogP) is 1.27. The van der Waals surface area contributed by atoms with E-state index in [-0.39, 0.29) is 29.7 Å². The predicted molar refractivity (Wildman–Crippen MR) is 111 cm³/mol. The minimum Gasteiger partial charge on any atom is -0.375 e. The third-order valence-electron chi connectivity index (χ3n) is 6.57. The molecule has 0 radical (unpaired) electrons. The zero-order chi connectivity index (χ0) is 22.2. The van der Waals surface area contributed by atoms with Crippen molar-refractivity contribution >= 4 is 21.7 Å². The highest BCUT2D eigenvalue weighted by Crippen LogP contribution is 2.42. The lowest BCUT2D eigenvalue weighted by atomic mass is 9.92. The molecule has 166 valence electrons. The molecule has 3 atom stereocenters. The van der Waals surface area contributed by atoms with Gasteiger partial charge in [0, 0.05) is 19.7 Å². The number of nitriles is 1. The van der Waals surface area contributed by atoms with E-state index in [0.29, 0.717) is 32.5 Å². The van der Waals surface area contributed by atoms with Crippen LogP contribution in [0.15, 0.2) is 35.2 Å². The molecule has 1 saturated heterocycles. The molecular formula is C22H27N3O5S. The molecule has 0 unspecified atom stereocenters. The molecule has 2 saturated carbocycles. The van der Waals surface area contributed by atoms with Gasteiger partial charge in [-0.05, 0) is 44.7 Å². The summed E-state index contributed by atoms with van der Waals surface area (Å²) in [5, 5.41) is 11.3. The lowest BCUT2D eigenvalue weighted by molar-refractivity contribution is -0.152. The number of nitrogens with one attached hydrogen (secondary N) is 1. The van der Waals surface area contributed by atoms with Crippen LogP contribution in [0.4, 0.5) is 0 Å². The van der Waals surface area contributed by atoms with Gasteiger partial charge in [-0.25, -0.2) is 8.42 Å². The Morgan fingerprint density at radius 3 is 2.42 bits per heavy atom. The number of ether oxygens (including phenoxy) is 1. The van der Waals surface area contributed by atoms with Crippen molar-refractivity contribution in [3.8, 4) is 6.07 Å². The number of carbonyl (C=O) groups is 2. The highest BCUT2D eigenvalue weighted by Gasteiger charge is 2.52. The van der Waals surface area contributed by atoms with Crippen LogP contribution in [0.25, 0.3) is 0 Å². The summed E-state index contributed by atoms with van der Waals surface area (Å²) < 4.78 is 31.9. The molecule has 4 rings (SSSR count). The summed E-state index contributed by atoms with van der Waals surface area (Å²) >= 11 is 0. The van der Waals surface area contributed by atoms with Crippen molar-refractivity contribution in [2.75, 3.05) is 19.7 Å². The van der Waals surface area contributed by atoms with Gasteiger partial charge in [0.1, 0.15) is 5.54 Å². The summed E-state index contributed by atoms with van der Waals surface area (Å²) in [6.45, 7) is 3.37. The van der Waals surface area contributed by atoms with Crippen LogP contribution in [-0.4, -0.2) is 61.7 Å². The molecule has 0 bridgehead atoms. The molecule has 3 fully saturated rings. The smallest absolute Gasteiger partial charge is 0.226 e. The van der Waals surface area contributed by atoms with Gasteiger partial charge in [-0.3, -0.25) is 9.59 Å². The average molecular weight is 446 g/mol. The second-order valence-electron chi connectivity index (χ2n) is 8.67. The van der Waals surface area contributed by atoms with Crippen LogP contribution in [0.1, 0.15) is 32.6 Å². The Bertz CT molecular complexity index is 994. The summed E-state index contributed by atoms with van der Waals surface area (Å²) in [5.74, 6) is -2.10. The first kappa shape index (κ1) is 21.8. The average Bonchev–Trinajstić information content (AvgIpc) is 3.35. The van der Waals surface area contributed by atoms with Crippen LogP contribution in [0, 0.1) is 23.2 Å². The standard InChI is InChI=1S/C22H27N3O5S/c1-2-30-15-12-25(13-15)21(27)19-11-17(31(28,29)16-6-4-3-5-7-16)10-18(19)20(26)24-22(14-23)8-9-22/h3-7,15,17-19H,2,8-13H2,1H3,(H,24,26)/t17-,18-,19-/m1/s1. The number of carbonyl (C=O) groups excluding carboxylic acids is 2. The molecule has 3 aliphatic rings. The van der Waals surface area contributed by atoms with Crippen LogP contribution in [0.3, 0.4) is 0 Å². The van der Waals surface area contributed by atoms with Gasteiger partial charge < -0.3 is 15.0 Å².